The van der Waals surface area contributed by atoms with Crippen LogP contribution in [0.2, 0.25) is 0 Å². The first-order valence-electron chi connectivity index (χ1n) is 4.24. The van der Waals surface area contributed by atoms with Gasteiger partial charge >= 0.3 is 0 Å². The highest BCUT2D eigenvalue weighted by Gasteiger charge is 2.12. The average Bonchev–Trinajstić information content (AvgIpc) is 2.66. The lowest BCUT2D eigenvalue weighted by Crippen LogP contribution is -2.19. The molecule has 2 aromatic heterocycles. The monoisotopic (exact) mass is 186 g/mol. The third-order valence-electron chi connectivity index (χ3n) is 2.18. The van der Waals surface area contributed by atoms with Gasteiger partial charge in [-0.15, -0.1) is 0 Å². The summed E-state index contributed by atoms with van der Waals surface area (Å²) >= 11 is 0. The Labute approximate surface area is 78.8 Å². The zero-order chi connectivity index (χ0) is 9.54. The predicted octanol–water partition coefficient (Wildman–Crippen LogP) is 0.507. The van der Waals surface area contributed by atoms with Gasteiger partial charge in [0.25, 0.3) is 5.56 Å². The van der Waals surface area contributed by atoms with Gasteiger partial charge in [0.15, 0.2) is 5.65 Å². The Balaban J connectivity index is 2.54. The Bertz CT molecular complexity index is 599. The first-order valence-corrected chi connectivity index (χ1v) is 4.24. The van der Waals surface area contributed by atoms with Gasteiger partial charge in [0.05, 0.1) is 11.9 Å². The van der Waals surface area contributed by atoms with Gasteiger partial charge in [-0.1, -0.05) is 0 Å². The van der Waals surface area contributed by atoms with Crippen molar-refractivity contribution in [2.75, 3.05) is 0 Å². The molecule has 0 aliphatic carbocycles. The Morgan fingerprint density at radius 2 is 2.36 bits per heavy atom. The maximum absolute atomic E-state index is 11.8. The Morgan fingerprint density at radius 3 is 3.29 bits per heavy atom. The standard InChI is InChI=1S/C9H6N4O/c14-8-6-2-1-3-10-7(6)12-9-11-4-5-13(8)9/h1-4H,5H2. The van der Waals surface area contributed by atoms with Crippen LogP contribution < -0.4 is 5.56 Å². The van der Waals surface area contributed by atoms with E-state index in [2.05, 4.69) is 15.0 Å². The summed E-state index contributed by atoms with van der Waals surface area (Å²) in [6, 6.07) is 3.46. The Hall–Kier alpha value is -2.04. The van der Waals surface area contributed by atoms with Crippen molar-refractivity contribution >= 4 is 23.2 Å². The van der Waals surface area contributed by atoms with E-state index in [1.165, 1.54) is 4.57 Å². The van der Waals surface area contributed by atoms with Crippen molar-refractivity contribution in [1.29, 1.82) is 0 Å². The lowest BCUT2D eigenvalue weighted by molar-refractivity contribution is 0.834. The van der Waals surface area contributed by atoms with E-state index in [1.807, 2.05) is 0 Å². The van der Waals surface area contributed by atoms with Crippen molar-refractivity contribution in [3.8, 4) is 0 Å². The van der Waals surface area contributed by atoms with Crippen molar-refractivity contribution in [3.63, 3.8) is 0 Å². The summed E-state index contributed by atoms with van der Waals surface area (Å²) in [5.74, 6) is 0.446. The van der Waals surface area contributed by atoms with Gasteiger partial charge in [0.1, 0.15) is 0 Å². The summed E-state index contributed by atoms with van der Waals surface area (Å²) in [5, 5.41) is 0.543. The van der Waals surface area contributed by atoms with Gasteiger partial charge in [-0.3, -0.25) is 9.36 Å². The number of nitrogens with zero attached hydrogens (tertiary/aromatic N) is 4. The molecule has 0 amide bonds. The van der Waals surface area contributed by atoms with Gasteiger partial charge in [-0.05, 0) is 12.1 Å². The van der Waals surface area contributed by atoms with Crippen molar-refractivity contribution in [3.05, 3.63) is 28.7 Å². The molecule has 1 aliphatic rings. The molecule has 0 N–H and O–H groups in total. The van der Waals surface area contributed by atoms with E-state index < -0.39 is 0 Å². The van der Waals surface area contributed by atoms with Crippen molar-refractivity contribution in [1.82, 2.24) is 14.5 Å². The molecule has 5 heteroatoms. The predicted molar refractivity (Wildman–Crippen MR) is 52.0 cm³/mol. The highest BCUT2D eigenvalue weighted by Crippen LogP contribution is 2.13. The molecule has 0 fully saturated rings. The van der Waals surface area contributed by atoms with Crippen LogP contribution >= 0.6 is 0 Å². The summed E-state index contributed by atoms with van der Waals surface area (Å²) < 4.78 is 1.53. The maximum atomic E-state index is 11.8. The van der Waals surface area contributed by atoms with Gasteiger partial charge in [0.2, 0.25) is 5.95 Å². The van der Waals surface area contributed by atoms with Gasteiger partial charge in [-0.2, -0.15) is 4.98 Å². The third kappa shape index (κ3) is 0.834. The largest absolute Gasteiger partial charge is 0.271 e. The number of aromatic nitrogens is 3. The van der Waals surface area contributed by atoms with Gasteiger partial charge in [0, 0.05) is 12.4 Å². The number of pyridine rings is 1. The summed E-state index contributed by atoms with van der Waals surface area (Å²) in [5.41, 5.74) is 0.387. The number of hydrogen-bond donors (Lipinski definition) is 0. The minimum Gasteiger partial charge on any atom is -0.271 e. The molecule has 0 atom stereocenters. The lowest BCUT2D eigenvalue weighted by Gasteiger charge is -2.01. The minimum absolute atomic E-state index is 0.0735. The van der Waals surface area contributed by atoms with Crippen LogP contribution in [0.15, 0.2) is 28.1 Å². The molecule has 0 saturated carbocycles. The molecular weight excluding hydrogens is 180 g/mol. The second-order valence-electron chi connectivity index (χ2n) is 3.01. The molecule has 0 unspecified atom stereocenters. The van der Waals surface area contributed by atoms with Crippen molar-refractivity contribution in [2.45, 2.75) is 6.54 Å². The summed E-state index contributed by atoms with van der Waals surface area (Å²) in [6.45, 7) is 0.506. The molecule has 1 aliphatic heterocycles. The summed E-state index contributed by atoms with van der Waals surface area (Å²) in [6.07, 6.45) is 3.28. The third-order valence-corrected chi connectivity index (χ3v) is 2.18. The van der Waals surface area contributed by atoms with E-state index in [0.717, 1.165) is 0 Å². The highest BCUT2D eigenvalue weighted by molar-refractivity contribution is 5.76. The van der Waals surface area contributed by atoms with Crippen LogP contribution in [-0.2, 0) is 6.54 Å². The first-order chi connectivity index (χ1) is 6.86. The van der Waals surface area contributed by atoms with Crippen LogP contribution in [0, 0.1) is 0 Å². The van der Waals surface area contributed by atoms with Gasteiger partial charge in [-0.25, -0.2) is 9.98 Å². The van der Waals surface area contributed by atoms with Crippen LogP contribution in [0.5, 0.6) is 0 Å². The number of rotatable bonds is 0. The van der Waals surface area contributed by atoms with Crippen molar-refractivity contribution in [2.24, 2.45) is 4.99 Å². The molecule has 3 heterocycles. The van der Waals surface area contributed by atoms with Gasteiger partial charge < -0.3 is 0 Å². The number of fused-ring (bicyclic) bond motifs is 2. The lowest BCUT2D eigenvalue weighted by atomic mass is 10.3. The highest BCUT2D eigenvalue weighted by atomic mass is 16.1. The average molecular weight is 186 g/mol. The molecule has 14 heavy (non-hydrogen) atoms. The molecule has 0 radical (unpaired) electrons. The van der Waals surface area contributed by atoms with Crippen LogP contribution in [0.1, 0.15) is 0 Å². The molecule has 0 aromatic carbocycles. The van der Waals surface area contributed by atoms with E-state index in [1.54, 1.807) is 24.5 Å². The van der Waals surface area contributed by atoms with Crippen molar-refractivity contribution < 1.29 is 0 Å². The first kappa shape index (κ1) is 7.37. The SMILES string of the molecule is O=c1c2cccnc2nc2n1CC=N2. The van der Waals surface area contributed by atoms with E-state index in [4.69, 9.17) is 0 Å². The van der Waals surface area contributed by atoms with E-state index >= 15 is 0 Å². The zero-order valence-electron chi connectivity index (χ0n) is 7.21. The molecule has 0 bridgehead atoms. The Morgan fingerprint density at radius 1 is 1.43 bits per heavy atom. The maximum Gasteiger partial charge on any atom is 0.264 e. The fourth-order valence-corrected chi connectivity index (χ4v) is 1.51. The van der Waals surface area contributed by atoms with Crippen LogP contribution in [0.4, 0.5) is 5.95 Å². The van der Waals surface area contributed by atoms with E-state index in [0.29, 0.717) is 23.5 Å². The minimum atomic E-state index is -0.0735. The quantitative estimate of drug-likeness (QED) is 0.602. The molecular formula is C9H6N4O. The zero-order valence-corrected chi connectivity index (χ0v) is 7.21. The molecule has 5 nitrogen and oxygen atoms in total. The summed E-state index contributed by atoms with van der Waals surface area (Å²) in [4.78, 5) is 24.0. The fraction of sp³-hybridized carbons (Fsp3) is 0.111. The normalized spacial score (nSPS) is 13.4. The van der Waals surface area contributed by atoms with Crippen LogP contribution in [0.25, 0.3) is 11.0 Å². The van der Waals surface area contributed by atoms with E-state index in [9.17, 15) is 4.79 Å². The van der Waals surface area contributed by atoms with Crippen LogP contribution in [-0.4, -0.2) is 20.7 Å². The van der Waals surface area contributed by atoms with E-state index in [-0.39, 0.29) is 5.56 Å². The number of aliphatic imine (C=N–C) groups is 1. The molecule has 3 rings (SSSR count). The molecule has 0 spiro atoms. The smallest absolute Gasteiger partial charge is 0.264 e. The second-order valence-corrected chi connectivity index (χ2v) is 3.01. The second kappa shape index (κ2) is 2.47. The number of hydrogen-bond acceptors (Lipinski definition) is 4. The molecule has 2 aromatic rings. The van der Waals surface area contributed by atoms with Crippen LogP contribution in [0.3, 0.4) is 0 Å². The molecule has 68 valence electrons. The summed E-state index contributed by atoms with van der Waals surface area (Å²) in [7, 11) is 0. The Kier molecular flexibility index (Phi) is 1.30. The topological polar surface area (TPSA) is 60.1 Å². The molecule has 0 saturated heterocycles. The fourth-order valence-electron chi connectivity index (χ4n) is 1.51.